The quantitative estimate of drug-likeness (QED) is 0.272. The lowest BCUT2D eigenvalue weighted by molar-refractivity contribution is 0.116. The number of ether oxygens (including phenoxy) is 3. The van der Waals surface area contributed by atoms with Crippen LogP contribution in [0.3, 0.4) is 0 Å². The zero-order chi connectivity index (χ0) is 24.9. The summed E-state index contributed by atoms with van der Waals surface area (Å²) in [5.41, 5.74) is 8.88. The summed E-state index contributed by atoms with van der Waals surface area (Å²) in [5, 5.41) is 0. The van der Waals surface area contributed by atoms with Crippen LogP contribution in [0.4, 0.5) is 4.79 Å². The third kappa shape index (κ3) is 5.44. The lowest BCUT2D eigenvalue weighted by Gasteiger charge is -2.10. The molecule has 1 unspecified atom stereocenters. The van der Waals surface area contributed by atoms with Gasteiger partial charge in [0.05, 0.1) is 5.56 Å². The average Bonchev–Trinajstić information content (AvgIpc) is 3.32. The fourth-order valence-electron chi connectivity index (χ4n) is 3.62. The summed E-state index contributed by atoms with van der Waals surface area (Å²) in [6.07, 6.45) is 0.302. The van der Waals surface area contributed by atoms with E-state index in [1.54, 1.807) is 31.3 Å². The van der Waals surface area contributed by atoms with Crippen LogP contribution in [0.2, 0.25) is 0 Å². The van der Waals surface area contributed by atoms with E-state index >= 15 is 0 Å². The Morgan fingerprint density at radius 1 is 0.972 bits per heavy atom. The first kappa shape index (κ1) is 22.9. The largest absolute Gasteiger partial charge is 0.489 e. The van der Waals surface area contributed by atoms with E-state index in [1.807, 2.05) is 66.7 Å². The van der Waals surface area contributed by atoms with Crippen molar-refractivity contribution >= 4 is 17.2 Å². The topological polar surface area (TPSA) is 110 Å². The first-order valence-corrected chi connectivity index (χ1v) is 11.3. The third-order valence-corrected chi connectivity index (χ3v) is 5.43. The molecule has 0 aliphatic rings. The molecule has 0 saturated heterocycles. The number of carbonyl (C=O) groups is 1. The molecule has 1 atom stereocenters. The fourth-order valence-corrected chi connectivity index (χ4v) is 3.62. The van der Waals surface area contributed by atoms with Gasteiger partial charge in [0.15, 0.2) is 5.58 Å². The van der Waals surface area contributed by atoms with Crippen molar-refractivity contribution in [3.8, 4) is 28.8 Å². The Morgan fingerprint density at radius 3 is 2.58 bits per heavy atom. The van der Waals surface area contributed by atoms with Gasteiger partial charge >= 0.3 is 6.09 Å². The molecule has 0 spiro atoms. The van der Waals surface area contributed by atoms with Crippen LogP contribution < -0.4 is 15.2 Å². The lowest BCUT2D eigenvalue weighted by atomic mass is 10.1. The van der Waals surface area contributed by atoms with Crippen molar-refractivity contribution in [2.45, 2.75) is 19.6 Å². The molecule has 3 aromatic carbocycles. The molecule has 0 fully saturated rings. The number of hydrogen-bond donors (Lipinski definition) is 1. The molecule has 2 aromatic heterocycles. The van der Waals surface area contributed by atoms with Gasteiger partial charge < -0.3 is 24.4 Å². The van der Waals surface area contributed by atoms with Gasteiger partial charge in [-0.1, -0.05) is 42.5 Å². The summed E-state index contributed by atoms with van der Waals surface area (Å²) in [6, 6.07) is 26.3. The van der Waals surface area contributed by atoms with Crippen LogP contribution in [0.25, 0.3) is 22.6 Å². The lowest BCUT2D eigenvalue weighted by Crippen LogP contribution is -2.15. The Kier molecular flexibility index (Phi) is 6.48. The number of primary amides is 1. The van der Waals surface area contributed by atoms with Gasteiger partial charge in [-0.15, -0.1) is 0 Å². The van der Waals surface area contributed by atoms with E-state index in [1.165, 1.54) is 0 Å². The number of carbonyl (C=O) groups excluding carboxylic acids is 1. The zero-order valence-corrected chi connectivity index (χ0v) is 19.5. The number of hydrogen-bond acceptors (Lipinski definition) is 7. The van der Waals surface area contributed by atoms with Gasteiger partial charge in [-0.05, 0) is 48.4 Å². The maximum Gasteiger partial charge on any atom is 0.405 e. The van der Waals surface area contributed by atoms with E-state index in [0.717, 1.165) is 11.1 Å². The van der Waals surface area contributed by atoms with Crippen LogP contribution in [-0.2, 0) is 11.3 Å². The van der Waals surface area contributed by atoms with Crippen molar-refractivity contribution in [1.29, 1.82) is 0 Å². The molecule has 8 heteroatoms. The Balaban J connectivity index is 1.26. The summed E-state index contributed by atoms with van der Waals surface area (Å²) in [7, 11) is 0. The highest BCUT2D eigenvalue weighted by atomic mass is 16.6. The van der Waals surface area contributed by atoms with E-state index in [-0.39, 0.29) is 0 Å². The van der Waals surface area contributed by atoms with Gasteiger partial charge in [-0.25, -0.2) is 14.8 Å². The summed E-state index contributed by atoms with van der Waals surface area (Å²) in [4.78, 5) is 19.9. The molecule has 0 radical (unpaired) electrons. The molecular formula is C28H23N3O5. The Hall–Kier alpha value is -4.85. The predicted octanol–water partition coefficient (Wildman–Crippen LogP) is 6.42. The maximum atomic E-state index is 11.0. The first-order chi connectivity index (χ1) is 17.5. The minimum Gasteiger partial charge on any atom is -0.489 e. The average molecular weight is 482 g/mol. The highest BCUT2D eigenvalue weighted by molar-refractivity contribution is 5.77. The van der Waals surface area contributed by atoms with Crippen molar-refractivity contribution in [2.75, 3.05) is 0 Å². The molecule has 0 bridgehead atoms. The summed E-state index contributed by atoms with van der Waals surface area (Å²) in [5.74, 6) is 2.16. The van der Waals surface area contributed by atoms with Crippen LogP contribution in [0.15, 0.2) is 95.5 Å². The van der Waals surface area contributed by atoms with E-state index in [4.69, 9.17) is 24.4 Å². The van der Waals surface area contributed by atoms with E-state index < -0.39 is 12.2 Å². The van der Waals surface area contributed by atoms with Crippen molar-refractivity contribution in [3.63, 3.8) is 0 Å². The number of oxazole rings is 1. The van der Waals surface area contributed by atoms with E-state index in [2.05, 4.69) is 9.97 Å². The number of amides is 1. The molecule has 8 nitrogen and oxygen atoms in total. The number of rotatable bonds is 8. The second kappa shape index (κ2) is 10.2. The fraction of sp³-hybridized carbons (Fsp3) is 0.107. The molecule has 2 heterocycles. The van der Waals surface area contributed by atoms with Gasteiger partial charge in [0, 0.05) is 18.3 Å². The van der Waals surface area contributed by atoms with Crippen molar-refractivity contribution in [2.24, 2.45) is 5.73 Å². The van der Waals surface area contributed by atoms with E-state index in [9.17, 15) is 4.79 Å². The monoisotopic (exact) mass is 481 g/mol. The molecule has 0 saturated carbocycles. The smallest absolute Gasteiger partial charge is 0.405 e. The molecule has 5 aromatic rings. The molecule has 5 rings (SSSR count). The molecule has 0 aliphatic carbocycles. The summed E-state index contributed by atoms with van der Waals surface area (Å²) >= 11 is 0. The molecular weight excluding hydrogens is 458 g/mol. The van der Waals surface area contributed by atoms with Crippen LogP contribution >= 0.6 is 0 Å². The molecule has 2 N–H and O–H groups in total. The first-order valence-electron chi connectivity index (χ1n) is 11.3. The Labute approximate surface area is 207 Å². The minimum atomic E-state index is -0.833. The number of fused-ring (bicyclic) bond motifs is 1. The molecule has 0 aliphatic heterocycles. The van der Waals surface area contributed by atoms with Crippen LogP contribution in [0.5, 0.6) is 17.4 Å². The van der Waals surface area contributed by atoms with Gasteiger partial charge in [0.2, 0.25) is 11.8 Å². The number of nitrogens with zero attached hydrogens (tertiary/aromatic N) is 2. The number of aromatic nitrogens is 2. The van der Waals surface area contributed by atoms with Gasteiger partial charge in [0.1, 0.15) is 29.7 Å². The van der Waals surface area contributed by atoms with Crippen LogP contribution in [-0.4, -0.2) is 16.1 Å². The molecule has 180 valence electrons. The van der Waals surface area contributed by atoms with Crippen LogP contribution in [0.1, 0.15) is 24.2 Å². The highest BCUT2D eigenvalue weighted by Crippen LogP contribution is 2.29. The molecule has 1 amide bonds. The normalized spacial score (nSPS) is 11.7. The van der Waals surface area contributed by atoms with Crippen molar-refractivity contribution in [3.05, 3.63) is 102 Å². The van der Waals surface area contributed by atoms with Gasteiger partial charge in [-0.2, -0.15) is 0 Å². The second-order valence-corrected chi connectivity index (χ2v) is 8.06. The van der Waals surface area contributed by atoms with Crippen molar-refractivity contribution < 1.29 is 23.4 Å². The Morgan fingerprint density at radius 2 is 1.81 bits per heavy atom. The standard InChI is InChI=1S/C28H23N3O5/c1-18(34-28(29)32)20-10-12-24-25(14-20)36-27(31-24)21-11-13-26(30-16-21)35-23-9-5-8-22(15-23)33-17-19-6-3-2-4-7-19/h2-16,18H,17H2,1H3,(H2,29,32). The summed E-state index contributed by atoms with van der Waals surface area (Å²) in [6.45, 7) is 2.21. The predicted molar refractivity (Wildman–Crippen MR) is 134 cm³/mol. The summed E-state index contributed by atoms with van der Waals surface area (Å²) < 4.78 is 22.7. The zero-order valence-electron chi connectivity index (χ0n) is 19.5. The van der Waals surface area contributed by atoms with Crippen molar-refractivity contribution in [1.82, 2.24) is 9.97 Å². The SMILES string of the molecule is CC(OC(N)=O)c1ccc2nc(-c3ccc(Oc4cccc(OCc5ccccc5)c4)nc3)oc2c1. The molecule has 36 heavy (non-hydrogen) atoms. The number of pyridine rings is 1. The Bertz CT molecular complexity index is 1480. The van der Waals surface area contributed by atoms with Gasteiger partial charge in [0.25, 0.3) is 0 Å². The maximum absolute atomic E-state index is 11.0. The number of nitrogens with two attached hydrogens (primary N) is 1. The van der Waals surface area contributed by atoms with E-state index in [0.29, 0.717) is 46.5 Å². The minimum absolute atomic E-state index is 0.418. The van der Waals surface area contributed by atoms with Gasteiger partial charge in [-0.3, -0.25) is 0 Å². The highest BCUT2D eigenvalue weighted by Gasteiger charge is 2.14. The van der Waals surface area contributed by atoms with Crippen LogP contribution in [0, 0.1) is 0 Å². The number of benzene rings is 3. The third-order valence-electron chi connectivity index (χ3n) is 5.43. The second-order valence-electron chi connectivity index (χ2n) is 8.06.